The number of fused-ring (bicyclic) bond motifs is 10. The van der Waals surface area contributed by atoms with Crippen LogP contribution >= 0.6 is 0 Å². The molecule has 2 aliphatic carbocycles. The Morgan fingerprint density at radius 1 is 0.436 bits per heavy atom. The molecule has 0 atom stereocenters. The van der Waals surface area contributed by atoms with Crippen molar-refractivity contribution in [2.45, 2.75) is 18.3 Å². The molecule has 2 heteroatoms. The van der Waals surface area contributed by atoms with Gasteiger partial charge in [-0.1, -0.05) is 158 Å². The van der Waals surface area contributed by atoms with E-state index in [1.165, 1.54) is 72.4 Å². The molecule has 0 saturated carbocycles. The highest BCUT2D eigenvalue weighted by atomic mass is 16.5. The Balaban J connectivity index is 1.17. The van der Waals surface area contributed by atoms with Crippen LogP contribution in [0.2, 0.25) is 0 Å². The molecule has 0 fully saturated rings. The van der Waals surface area contributed by atoms with E-state index in [4.69, 9.17) is 4.74 Å². The van der Waals surface area contributed by atoms with Gasteiger partial charge in [0.25, 0.3) is 0 Å². The molecule has 0 bridgehead atoms. The first-order valence-corrected chi connectivity index (χ1v) is 19.2. The van der Waals surface area contributed by atoms with Crippen molar-refractivity contribution < 1.29 is 4.74 Å². The SMILES string of the molecule is C1=Cc2c(N(c3ccc(-c4ccccc4)cc3)c3ccc4c(c3)C3(c5ccccc5Oc5ccccc53)c3ccccc3-4)ccc(-c3ccccc3)c2CC1. The molecule has 2 nitrogen and oxygen atoms in total. The van der Waals surface area contributed by atoms with E-state index >= 15 is 0 Å². The molecule has 1 spiro atoms. The van der Waals surface area contributed by atoms with E-state index in [0.29, 0.717) is 0 Å². The van der Waals surface area contributed by atoms with Gasteiger partial charge in [-0.15, -0.1) is 0 Å². The van der Waals surface area contributed by atoms with Crippen molar-refractivity contribution in [3.63, 3.8) is 0 Å². The lowest BCUT2D eigenvalue weighted by atomic mass is 9.66. The molecule has 0 amide bonds. The normalized spacial score (nSPS) is 13.9. The maximum absolute atomic E-state index is 6.65. The van der Waals surface area contributed by atoms with Crippen molar-refractivity contribution in [3.8, 4) is 44.9 Å². The van der Waals surface area contributed by atoms with Gasteiger partial charge < -0.3 is 9.64 Å². The number of allylic oxidation sites excluding steroid dienone is 1. The van der Waals surface area contributed by atoms with Crippen LogP contribution in [0, 0.1) is 0 Å². The average Bonchev–Trinajstić information content (AvgIpc) is 3.54. The van der Waals surface area contributed by atoms with Gasteiger partial charge in [0.2, 0.25) is 0 Å². The van der Waals surface area contributed by atoms with Gasteiger partial charge in [-0.3, -0.25) is 0 Å². The van der Waals surface area contributed by atoms with Crippen LogP contribution in [0.15, 0.2) is 194 Å². The predicted octanol–water partition coefficient (Wildman–Crippen LogP) is 13.9. The maximum Gasteiger partial charge on any atom is 0.132 e. The van der Waals surface area contributed by atoms with Gasteiger partial charge in [0, 0.05) is 28.1 Å². The van der Waals surface area contributed by atoms with E-state index in [1.54, 1.807) is 0 Å². The Morgan fingerprint density at radius 2 is 1.00 bits per heavy atom. The van der Waals surface area contributed by atoms with Gasteiger partial charge in [0.1, 0.15) is 11.5 Å². The standard InChI is InChI=1S/C53H37NO/c1-3-15-36(16-4-1)37-27-29-39(30-28-37)54(50-34-33-41(38-17-5-2-6-18-38)42-19-7-8-21-45(42)50)40-31-32-44-43-20-9-10-22-46(43)53(49(44)35-40)47-23-11-13-25-51(47)55-52-26-14-12-24-48(52)53/h1-6,8-18,20-35H,7,19H2. The number of para-hydroxylation sites is 2. The molecule has 11 rings (SSSR count). The lowest BCUT2D eigenvalue weighted by molar-refractivity contribution is 0.436. The van der Waals surface area contributed by atoms with E-state index in [-0.39, 0.29) is 0 Å². The van der Waals surface area contributed by atoms with E-state index < -0.39 is 5.41 Å². The van der Waals surface area contributed by atoms with Crippen molar-refractivity contribution in [3.05, 3.63) is 228 Å². The van der Waals surface area contributed by atoms with E-state index in [2.05, 4.69) is 205 Å². The van der Waals surface area contributed by atoms with E-state index in [0.717, 1.165) is 35.7 Å². The second-order valence-corrected chi connectivity index (χ2v) is 14.7. The topological polar surface area (TPSA) is 12.5 Å². The molecule has 260 valence electrons. The van der Waals surface area contributed by atoms with Crippen LogP contribution in [-0.4, -0.2) is 0 Å². The second-order valence-electron chi connectivity index (χ2n) is 14.7. The zero-order valence-electron chi connectivity index (χ0n) is 30.3. The number of hydrogen-bond acceptors (Lipinski definition) is 2. The summed E-state index contributed by atoms with van der Waals surface area (Å²) < 4.78 is 6.65. The number of nitrogens with zero attached hydrogens (tertiary/aromatic N) is 1. The molecule has 0 unspecified atom stereocenters. The minimum atomic E-state index is -0.549. The fourth-order valence-corrected chi connectivity index (χ4v) is 9.46. The third-order valence-electron chi connectivity index (χ3n) is 11.8. The summed E-state index contributed by atoms with van der Waals surface area (Å²) >= 11 is 0. The fraction of sp³-hybridized carbons (Fsp3) is 0.0566. The van der Waals surface area contributed by atoms with Crippen molar-refractivity contribution >= 4 is 23.1 Å². The maximum atomic E-state index is 6.65. The molecule has 3 aliphatic rings. The van der Waals surface area contributed by atoms with Crippen molar-refractivity contribution in [1.82, 2.24) is 0 Å². The van der Waals surface area contributed by atoms with Gasteiger partial charge >= 0.3 is 0 Å². The van der Waals surface area contributed by atoms with Gasteiger partial charge in [-0.2, -0.15) is 0 Å². The summed E-state index contributed by atoms with van der Waals surface area (Å²) in [6.07, 6.45) is 6.71. The van der Waals surface area contributed by atoms with Gasteiger partial charge in [0.05, 0.1) is 11.1 Å². The minimum absolute atomic E-state index is 0.549. The van der Waals surface area contributed by atoms with Crippen molar-refractivity contribution in [2.75, 3.05) is 4.90 Å². The molecule has 0 saturated heterocycles. The van der Waals surface area contributed by atoms with Crippen LogP contribution in [0.1, 0.15) is 39.8 Å². The summed E-state index contributed by atoms with van der Waals surface area (Å²) in [4.78, 5) is 2.48. The van der Waals surface area contributed by atoms with E-state index in [1.807, 2.05) is 0 Å². The number of ether oxygens (including phenoxy) is 1. The lowest BCUT2D eigenvalue weighted by Crippen LogP contribution is -2.32. The highest BCUT2D eigenvalue weighted by Gasteiger charge is 2.51. The average molecular weight is 704 g/mol. The predicted molar refractivity (Wildman–Crippen MR) is 227 cm³/mol. The Bertz CT molecular complexity index is 2740. The third-order valence-corrected chi connectivity index (χ3v) is 11.8. The first-order chi connectivity index (χ1) is 27.3. The summed E-state index contributed by atoms with van der Waals surface area (Å²) in [7, 11) is 0. The number of hydrogen-bond donors (Lipinski definition) is 0. The Labute approximate surface area is 322 Å². The van der Waals surface area contributed by atoms with Crippen molar-refractivity contribution in [2.24, 2.45) is 0 Å². The monoisotopic (exact) mass is 703 g/mol. The summed E-state index contributed by atoms with van der Waals surface area (Å²) in [5.74, 6) is 1.80. The summed E-state index contributed by atoms with van der Waals surface area (Å²) in [5, 5.41) is 0. The Hall–Kier alpha value is -6.90. The smallest absolute Gasteiger partial charge is 0.132 e. The zero-order valence-corrected chi connectivity index (χ0v) is 30.3. The van der Waals surface area contributed by atoms with Crippen LogP contribution < -0.4 is 9.64 Å². The highest BCUT2D eigenvalue weighted by Crippen LogP contribution is 2.62. The summed E-state index contributed by atoms with van der Waals surface area (Å²) in [5.41, 5.74) is 17.9. The third kappa shape index (κ3) is 4.81. The molecule has 1 heterocycles. The van der Waals surface area contributed by atoms with Crippen LogP contribution in [0.25, 0.3) is 39.5 Å². The number of anilines is 3. The van der Waals surface area contributed by atoms with Gasteiger partial charge in [-0.25, -0.2) is 0 Å². The first kappa shape index (κ1) is 31.6. The Morgan fingerprint density at radius 3 is 1.73 bits per heavy atom. The van der Waals surface area contributed by atoms with Gasteiger partial charge in [0.15, 0.2) is 0 Å². The summed E-state index contributed by atoms with van der Waals surface area (Å²) in [6.45, 7) is 0. The molecule has 55 heavy (non-hydrogen) atoms. The molecule has 0 radical (unpaired) electrons. The highest BCUT2D eigenvalue weighted by molar-refractivity contribution is 5.93. The minimum Gasteiger partial charge on any atom is -0.457 e. The number of benzene rings is 8. The Kier molecular flexibility index (Phi) is 7.25. The second kappa shape index (κ2) is 12.6. The molecule has 8 aromatic rings. The van der Waals surface area contributed by atoms with Crippen LogP contribution in [0.5, 0.6) is 11.5 Å². The van der Waals surface area contributed by atoms with Crippen LogP contribution in [0.4, 0.5) is 17.1 Å². The molecule has 1 aliphatic heterocycles. The molecular weight excluding hydrogens is 667 g/mol. The molecular formula is C53H37NO. The lowest BCUT2D eigenvalue weighted by Gasteiger charge is -2.39. The molecule has 0 N–H and O–H groups in total. The fourth-order valence-electron chi connectivity index (χ4n) is 9.46. The van der Waals surface area contributed by atoms with Crippen LogP contribution in [-0.2, 0) is 11.8 Å². The van der Waals surface area contributed by atoms with Gasteiger partial charge in [-0.05, 0) is 105 Å². The molecule has 8 aromatic carbocycles. The van der Waals surface area contributed by atoms with Crippen LogP contribution in [0.3, 0.4) is 0 Å². The van der Waals surface area contributed by atoms with Crippen molar-refractivity contribution in [1.29, 1.82) is 0 Å². The zero-order chi connectivity index (χ0) is 36.3. The number of rotatable bonds is 5. The largest absolute Gasteiger partial charge is 0.457 e. The quantitative estimate of drug-likeness (QED) is 0.177. The summed E-state index contributed by atoms with van der Waals surface area (Å²) in [6, 6.07) is 68.5. The van der Waals surface area contributed by atoms with E-state index in [9.17, 15) is 0 Å². The molecule has 0 aromatic heterocycles. The first-order valence-electron chi connectivity index (χ1n) is 19.2.